The van der Waals surface area contributed by atoms with Crippen LogP contribution in [0.15, 0.2) is 42.7 Å². The Morgan fingerprint density at radius 3 is 2.79 bits per heavy atom. The quantitative estimate of drug-likeness (QED) is 0.850. The predicted molar refractivity (Wildman–Crippen MR) is 92.8 cm³/mol. The van der Waals surface area contributed by atoms with Crippen LogP contribution in [0.2, 0.25) is 0 Å². The topological polar surface area (TPSA) is 68.2 Å². The SMILES string of the molecule is COCC1(C(=O)Nc2cnn(Cc3ccccc3)c2)CCNCC1. The van der Waals surface area contributed by atoms with Gasteiger partial charge < -0.3 is 15.4 Å². The van der Waals surface area contributed by atoms with Crippen LogP contribution >= 0.6 is 0 Å². The smallest absolute Gasteiger partial charge is 0.233 e. The van der Waals surface area contributed by atoms with E-state index in [0.717, 1.165) is 31.6 Å². The minimum absolute atomic E-state index is 0.0186. The third-order valence-electron chi connectivity index (χ3n) is 4.54. The number of piperidine rings is 1. The summed E-state index contributed by atoms with van der Waals surface area (Å²) >= 11 is 0. The van der Waals surface area contributed by atoms with Crippen LogP contribution in [0.3, 0.4) is 0 Å². The molecule has 24 heavy (non-hydrogen) atoms. The highest BCUT2D eigenvalue weighted by Gasteiger charge is 2.39. The van der Waals surface area contributed by atoms with Gasteiger partial charge in [-0.1, -0.05) is 30.3 Å². The normalized spacial score (nSPS) is 16.7. The first-order chi connectivity index (χ1) is 11.7. The van der Waals surface area contributed by atoms with Gasteiger partial charge in [-0.05, 0) is 31.5 Å². The Bertz CT molecular complexity index is 657. The van der Waals surface area contributed by atoms with Gasteiger partial charge in [0.25, 0.3) is 0 Å². The number of nitrogens with zero attached hydrogens (tertiary/aromatic N) is 2. The number of methoxy groups -OCH3 is 1. The Labute approximate surface area is 142 Å². The molecule has 1 aliphatic rings. The fourth-order valence-corrected chi connectivity index (χ4v) is 3.17. The number of nitrogens with one attached hydrogen (secondary N) is 2. The van der Waals surface area contributed by atoms with Crippen molar-refractivity contribution in [2.24, 2.45) is 5.41 Å². The molecule has 1 saturated heterocycles. The monoisotopic (exact) mass is 328 g/mol. The molecule has 0 atom stereocenters. The van der Waals surface area contributed by atoms with Crippen molar-refractivity contribution in [3.05, 3.63) is 48.3 Å². The molecule has 1 aromatic heterocycles. The molecule has 0 aliphatic carbocycles. The molecule has 2 N–H and O–H groups in total. The van der Waals surface area contributed by atoms with E-state index in [9.17, 15) is 4.79 Å². The summed E-state index contributed by atoms with van der Waals surface area (Å²) in [5, 5.41) is 10.6. The Kier molecular flexibility index (Phi) is 5.27. The average Bonchev–Trinajstić information content (AvgIpc) is 3.04. The molecule has 0 radical (unpaired) electrons. The number of carbonyl (C=O) groups excluding carboxylic acids is 1. The second-order valence-corrected chi connectivity index (χ2v) is 6.33. The fourth-order valence-electron chi connectivity index (χ4n) is 3.17. The van der Waals surface area contributed by atoms with Crippen molar-refractivity contribution in [1.29, 1.82) is 0 Å². The van der Waals surface area contributed by atoms with Crippen LogP contribution in [0.4, 0.5) is 5.69 Å². The van der Waals surface area contributed by atoms with Crippen LogP contribution in [-0.2, 0) is 16.1 Å². The zero-order valence-corrected chi connectivity index (χ0v) is 14.0. The van der Waals surface area contributed by atoms with Crippen molar-refractivity contribution >= 4 is 11.6 Å². The van der Waals surface area contributed by atoms with Gasteiger partial charge in [-0.25, -0.2) is 0 Å². The molecule has 0 unspecified atom stereocenters. The maximum Gasteiger partial charge on any atom is 0.233 e. The lowest BCUT2D eigenvalue weighted by molar-refractivity contribution is -0.130. The minimum Gasteiger partial charge on any atom is -0.384 e. The summed E-state index contributed by atoms with van der Waals surface area (Å²) in [7, 11) is 1.65. The van der Waals surface area contributed by atoms with Crippen molar-refractivity contribution in [3.63, 3.8) is 0 Å². The second-order valence-electron chi connectivity index (χ2n) is 6.33. The standard InChI is InChI=1S/C18H24N4O2/c1-24-14-18(7-9-19-10-8-18)17(23)21-16-11-20-22(13-16)12-15-5-3-2-4-6-15/h2-6,11,13,19H,7-10,12,14H2,1H3,(H,21,23). The largest absolute Gasteiger partial charge is 0.384 e. The molecule has 0 saturated carbocycles. The number of hydrogen-bond donors (Lipinski definition) is 2. The summed E-state index contributed by atoms with van der Waals surface area (Å²) in [6.07, 6.45) is 5.13. The maximum atomic E-state index is 12.8. The summed E-state index contributed by atoms with van der Waals surface area (Å²) in [6.45, 7) is 2.80. The lowest BCUT2D eigenvalue weighted by Crippen LogP contribution is -2.47. The number of hydrogen-bond acceptors (Lipinski definition) is 4. The number of anilines is 1. The lowest BCUT2D eigenvalue weighted by Gasteiger charge is -2.35. The molecule has 128 valence electrons. The van der Waals surface area contributed by atoms with Crippen molar-refractivity contribution in [1.82, 2.24) is 15.1 Å². The maximum absolute atomic E-state index is 12.8. The van der Waals surface area contributed by atoms with Gasteiger partial charge in [-0.2, -0.15) is 5.10 Å². The van der Waals surface area contributed by atoms with Crippen LogP contribution in [-0.4, -0.2) is 42.5 Å². The van der Waals surface area contributed by atoms with Gasteiger partial charge in [-0.3, -0.25) is 9.48 Å². The van der Waals surface area contributed by atoms with E-state index in [2.05, 4.69) is 27.9 Å². The number of rotatable bonds is 6. The molecule has 2 heterocycles. The van der Waals surface area contributed by atoms with E-state index in [-0.39, 0.29) is 5.91 Å². The third-order valence-corrected chi connectivity index (χ3v) is 4.54. The van der Waals surface area contributed by atoms with E-state index in [4.69, 9.17) is 4.74 Å². The van der Waals surface area contributed by atoms with E-state index < -0.39 is 5.41 Å². The highest BCUT2D eigenvalue weighted by atomic mass is 16.5. The van der Waals surface area contributed by atoms with Crippen LogP contribution in [0.5, 0.6) is 0 Å². The Morgan fingerprint density at radius 1 is 1.33 bits per heavy atom. The van der Waals surface area contributed by atoms with Crippen LogP contribution < -0.4 is 10.6 Å². The number of carbonyl (C=O) groups is 1. The Morgan fingerprint density at radius 2 is 2.08 bits per heavy atom. The first-order valence-electron chi connectivity index (χ1n) is 8.29. The van der Waals surface area contributed by atoms with Crippen LogP contribution in [0.25, 0.3) is 0 Å². The molecular formula is C18H24N4O2. The van der Waals surface area contributed by atoms with Gasteiger partial charge in [0.15, 0.2) is 0 Å². The molecule has 1 aliphatic heterocycles. The molecule has 1 fully saturated rings. The molecule has 6 nitrogen and oxygen atoms in total. The van der Waals surface area contributed by atoms with Gasteiger partial charge >= 0.3 is 0 Å². The van der Waals surface area contributed by atoms with Crippen LogP contribution in [0.1, 0.15) is 18.4 Å². The zero-order chi connectivity index (χ0) is 16.8. The predicted octanol–water partition coefficient (Wildman–Crippen LogP) is 1.89. The first-order valence-corrected chi connectivity index (χ1v) is 8.29. The van der Waals surface area contributed by atoms with Gasteiger partial charge in [-0.15, -0.1) is 0 Å². The zero-order valence-electron chi connectivity index (χ0n) is 14.0. The summed E-state index contributed by atoms with van der Waals surface area (Å²) in [5.41, 5.74) is 1.44. The molecule has 1 amide bonds. The highest BCUT2D eigenvalue weighted by molar-refractivity contribution is 5.95. The number of amides is 1. The van der Waals surface area contributed by atoms with Gasteiger partial charge in [0.05, 0.1) is 30.5 Å². The van der Waals surface area contributed by atoms with E-state index in [1.807, 2.05) is 29.1 Å². The van der Waals surface area contributed by atoms with E-state index in [1.165, 1.54) is 5.56 Å². The molecule has 6 heteroatoms. The van der Waals surface area contributed by atoms with Crippen molar-refractivity contribution in [3.8, 4) is 0 Å². The van der Waals surface area contributed by atoms with E-state index in [1.54, 1.807) is 13.3 Å². The second kappa shape index (κ2) is 7.59. The highest BCUT2D eigenvalue weighted by Crippen LogP contribution is 2.30. The molecular weight excluding hydrogens is 304 g/mol. The van der Waals surface area contributed by atoms with E-state index in [0.29, 0.717) is 13.2 Å². The fraction of sp³-hybridized carbons (Fsp3) is 0.444. The van der Waals surface area contributed by atoms with Crippen LogP contribution in [0, 0.1) is 5.41 Å². The van der Waals surface area contributed by atoms with E-state index >= 15 is 0 Å². The average molecular weight is 328 g/mol. The summed E-state index contributed by atoms with van der Waals surface area (Å²) in [4.78, 5) is 12.8. The van der Waals surface area contributed by atoms with Gasteiger partial charge in [0.2, 0.25) is 5.91 Å². The van der Waals surface area contributed by atoms with Crippen molar-refractivity contribution in [2.75, 3.05) is 32.1 Å². The molecule has 0 spiro atoms. The molecule has 3 rings (SSSR count). The number of aromatic nitrogens is 2. The summed E-state index contributed by atoms with van der Waals surface area (Å²) in [6, 6.07) is 10.1. The van der Waals surface area contributed by atoms with Crippen molar-refractivity contribution < 1.29 is 9.53 Å². The molecule has 1 aromatic carbocycles. The third kappa shape index (κ3) is 3.83. The summed E-state index contributed by atoms with van der Waals surface area (Å²) in [5.74, 6) is 0.0186. The first kappa shape index (κ1) is 16.7. The van der Waals surface area contributed by atoms with Crippen molar-refractivity contribution in [2.45, 2.75) is 19.4 Å². The Hall–Kier alpha value is -2.18. The minimum atomic E-state index is -0.457. The Balaban J connectivity index is 1.66. The lowest BCUT2D eigenvalue weighted by atomic mass is 9.78. The number of benzene rings is 1. The van der Waals surface area contributed by atoms with Gasteiger partial charge in [0, 0.05) is 13.3 Å². The van der Waals surface area contributed by atoms with Gasteiger partial charge in [0.1, 0.15) is 0 Å². The number of ether oxygens (including phenoxy) is 1. The molecule has 0 bridgehead atoms. The molecule has 2 aromatic rings. The summed E-state index contributed by atoms with van der Waals surface area (Å²) < 4.78 is 7.15.